The Labute approximate surface area is 116 Å². The van der Waals surface area contributed by atoms with Gasteiger partial charge < -0.3 is 10.2 Å². The van der Waals surface area contributed by atoms with E-state index in [2.05, 4.69) is 54.1 Å². The quantitative estimate of drug-likeness (QED) is 0.834. The zero-order chi connectivity index (χ0) is 13.5. The van der Waals surface area contributed by atoms with Crippen molar-refractivity contribution in [2.45, 2.75) is 39.4 Å². The van der Waals surface area contributed by atoms with Gasteiger partial charge in [-0.1, -0.05) is 12.1 Å². The summed E-state index contributed by atoms with van der Waals surface area (Å²) in [5.41, 5.74) is 4.75. The molecule has 1 aromatic rings. The van der Waals surface area contributed by atoms with Crippen molar-refractivity contribution >= 4 is 5.69 Å². The minimum atomic E-state index is 0.298. The van der Waals surface area contributed by atoms with Gasteiger partial charge in [-0.15, -0.1) is 0 Å². The molecule has 0 aromatic heterocycles. The van der Waals surface area contributed by atoms with E-state index < -0.39 is 0 Å². The Balaban J connectivity index is 1.74. The van der Waals surface area contributed by atoms with Crippen molar-refractivity contribution in [1.29, 1.82) is 0 Å². The summed E-state index contributed by atoms with van der Waals surface area (Å²) in [5.74, 6) is 0. The van der Waals surface area contributed by atoms with E-state index in [0.29, 0.717) is 5.54 Å². The van der Waals surface area contributed by atoms with Crippen LogP contribution in [0.5, 0.6) is 0 Å². The molecule has 3 nitrogen and oxygen atoms in total. The average Bonchev–Trinajstić information content (AvgIpc) is 2.86. The number of nitrogens with zero attached hydrogens (tertiary/aromatic N) is 2. The van der Waals surface area contributed by atoms with Crippen LogP contribution in [0.15, 0.2) is 18.2 Å². The number of nitrogens with one attached hydrogen (secondary N) is 1. The van der Waals surface area contributed by atoms with Gasteiger partial charge in [-0.05, 0) is 38.0 Å². The van der Waals surface area contributed by atoms with Crippen molar-refractivity contribution in [3.63, 3.8) is 0 Å². The average molecular weight is 259 g/mol. The predicted molar refractivity (Wildman–Crippen MR) is 80.5 cm³/mol. The molecule has 3 heteroatoms. The first-order chi connectivity index (χ1) is 9.05. The molecule has 0 atom stereocenters. The molecule has 0 amide bonds. The first-order valence-corrected chi connectivity index (χ1v) is 7.37. The van der Waals surface area contributed by atoms with Gasteiger partial charge in [0.25, 0.3) is 0 Å². The van der Waals surface area contributed by atoms with Crippen molar-refractivity contribution < 1.29 is 0 Å². The minimum Gasteiger partial charge on any atom is -0.369 e. The third kappa shape index (κ3) is 2.49. The second kappa shape index (κ2) is 4.80. The summed E-state index contributed by atoms with van der Waals surface area (Å²) in [6.07, 6.45) is 0. The molecule has 0 unspecified atom stereocenters. The van der Waals surface area contributed by atoms with Gasteiger partial charge in [-0.2, -0.15) is 0 Å². The Hall–Kier alpha value is -1.06. The molecular formula is C16H25N3. The van der Waals surface area contributed by atoms with Crippen LogP contribution in [-0.2, 0) is 13.1 Å². The van der Waals surface area contributed by atoms with Crippen LogP contribution in [0.4, 0.5) is 5.69 Å². The summed E-state index contributed by atoms with van der Waals surface area (Å²) in [4.78, 5) is 5.15. The second-order valence-electron chi connectivity index (χ2n) is 6.66. The lowest BCUT2D eigenvalue weighted by atomic mass is 10.0. The highest BCUT2D eigenvalue weighted by Crippen LogP contribution is 2.29. The van der Waals surface area contributed by atoms with Crippen molar-refractivity contribution in [2.24, 2.45) is 0 Å². The molecule has 104 valence electrons. The number of rotatable bonds is 1. The Bertz CT molecular complexity index is 454. The molecule has 2 aliphatic heterocycles. The molecule has 0 spiro atoms. The molecule has 3 rings (SSSR count). The van der Waals surface area contributed by atoms with E-state index in [1.807, 2.05) is 0 Å². The van der Waals surface area contributed by atoms with Gasteiger partial charge in [-0.25, -0.2) is 0 Å². The van der Waals surface area contributed by atoms with Crippen LogP contribution < -0.4 is 10.2 Å². The lowest BCUT2D eigenvalue weighted by molar-refractivity contribution is 0.128. The van der Waals surface area contributed by atoms with E-state index >= 15 is 0 Å². The lowest BCUT2D eigenvalue weighted by Crippen LogP contribution is -2.53. The Morgan fingerprint density at radius 1 is 1.00 bits per heavy atom. The number of anilines is 1. The molecule has 0 bridgehead atoms. The second-order valence-corrected chi connectivity index (χ2v) is 6.66. The maximum absolute atomic E-state index is 3.46. The van der Waals surface area contributed by atoms with E-state index in [0.717, 1.165) is 26.2 Å². The van der Waals surface area contributed by atoms with Gasteiger partial charge in [0.15, 0.2) is 0 Å². The molecule has 1 saturated heterocycles. The van der Waals surface area contributed by atoms with Crippen LogP contribution in [0.1, 0.15) is 31.9 Å². The third-order valence-corrected chi connectivity index (χ3v) is 4.43. The predicted octanol–water partition coefficient (Wildman–Crippen LogP) is 2.21. The molecule has 1 N–H and O–H groups in total. The monoisotopic (exact) mass is 259 g/mol. The summed E-state index contributed by atoms with van der Waals surface area (Å²) in [7, 11) is 0. The molecule has 0 radical (unpaired) electrons. The minimum absolute atomic E-state index is 0.298. The largest absolute Gasteiger partial charge is 0.369 e. The smallest absolute Gasteiger partial charge is 0.0416 e. The van der Waals surface area contributed by atoms with Crippen LogP contribution in [0.25, 0.3) is 0 Å². The maximum Gasteiger partial charge on any atom is 0.0416 e. The van der Waals surface area contributed by atoms with Crippen LogP contribution >= 0.6 is 0 Å². The van der Waals surface area contributed by atoms with Crippen LogP contribution in [0.3, 0.4) is 0 Å². The van der Waals surface area contributed by atoms with Gasteiger partial charge >= 0.3 is 0 Å². The molecule has 2 aliphatic rings. The summed E-state index contributed by atoms with van der Waals surface area (Å²) >= 11 is 0. The molecule has 1 fully saturated rings. The Morgan fingerprint density at radius 3 is 2.42 bits per heavy atom. The van der Waals surface area contributed by atoms with Gasteiger partial charge in [0.05, 0.1) is 0 Å². The highest BCUT2D eigenvalue weighted by Gasteiger charge is 2.27. The van der Waals surface area contributed by atoms with E-state index in [9.17, 15) is 0 Å². The number of fused-ring (bicyclic) bond motifs is 1. The fourth-order valence-electron chi connectivity index (χ4n) is 3.23. The Kier molecular flexibility index (Phi) is 3.27. The van der Waals surface area contributed by atoms with Crippen molar-refractivity contribution in [3.8, 4) is 0 Å². The summed E-state index contributed by atoms with van der Waals surface area (Å²) in [6.45, 7) is 13.6. The fourth-order valence-corrected chi connectivity index (χ4v) is 3.23. The fraction of sp³-hybridized carbons (Fsp3) is 0.625. The molecular weight excluding hydrogens is 234 g/mol. The third-order valence-electron chi connectivity index (χ3n) is 4.43. The van der Waals surface area contributed by atoms with Crippen molar-refractivity contribution in [1.82, 2.24) is 10.2 Å². The van der Waals surface area contributed by atoms with Crippen LogP contribution in [-0.4, -0.2) is 36.6 Å². The maximum atomic E-state index is 3.46. The van der Waals surface area contributed by atoms with Gasteiger partial charge in [0, 0.05) is 50.5 Å². The normalized spacial score (nSPS) is 20.7. The molecule has 0 saturated carbocycles. The van der Waals surface area contributed by atoms with E-state index in [-0.39, 0.29) is 0 Å². The summed E-state index contributed by atoms with van der Waals surface area (Å²) in [6, 6.07) is 6.75. The first kappa shape index (κ1) is 12.9. The van der Waals surface area contributed by atoms with Gasteiger partial charge in [0.2, 0.25) is 0 Å². The molecule has 1 aromatic carbocycles. The van der Waals surface area contributed by atoms with Crippen LogP contribution in [0, 0.1) is 0 Å². The SMILES string of the molecule is CC(C)(C)N1CCN(c2cccc3c2CNC3)CC1. The van der Waals surface area contributed by atoms with E-state index in [1.54, 1.807) is 0 Å². The first-order valence-electron chi connectivity index (χ1n) is 7.37. The lowest BCUT2D eigenvalue weighted by Gasteiger charge is -2.43. The summed E-state index contributed by atoms with van der Waals surface area (Å²) < 4.78 is 0. The van der Waals surface area contributed by atoms with Gasteiger partial charge in [0.1, 0.15) is 0 Å². The molecule has 0 aliphatic carbocycles. The summed E-state index contributed by atoms with van der Waals surface area (Å²) in [5, 5.41) is 3.46. The van der Waals surface area contributed by atoms with Crippen LogP contribution in [0.2, 0.25) is 0 Å². The topological polar surface area (TPSA) is 18.5 Å². The zero-order valence-corrected chi connectivity index (χ0v) is 12.4. The highest BCUT2D eigenvalue weighted by atomic mass is 15.3. The molecule has 19 heavy (non-hydrogen) atoms. The highest BCUT2D eigenvalue weighted by molar-refractivity contribution is 5.58. The van der Waals surface area contributed by atoms with E-state index in [1.165, 1.54) is 29.9 Å². The standard InChI is InChI=1S/C16H25N3/c1-16(2,3)19-9-7-18(8-10-19)15-6-4-5-13-11-17-12-14(13)15/h4-6,17H,7-12H2,1-3H3. The van der Waals surface area contributed by atoms with Gasteiger partial charge in [-0.3, -0.25) is 4.90 Å². The number of hydrogen-bond donors (Lipinski definition) is 1. The zero-order valence-electron chi connectivity index (χ0n) is 12.4. The Morgan fingerprint density at radius 2 is 1.74 bits per heavy atom. The van der Waals surface area contributed by atoms with Crippen molar-refractivity contribution in [3.05, 3.63) is 29.3 Å². The van der Waals surface area contributed by atoms with E-state index in [4.69, 9.17) is 0 Å². The molecule has 2 heterocycles. The number of piperazine rings is 1. The number of benzene rings is 1. The van der Waals surface area contributed by atoms with Crippen molar-refractivity contribution in [2.75, 3.05) is 31.1 Å². The number of hydrogen-bond acceptors (Lipinski definition) is 3.